The Morgan fingerprint density at radius 1 is 1.35 bits per heavy atom. The molecule has 0 saturated heterocycles. The quantitative estimate of drug-likeness (QED) is 0.597. The summed E-state index contributed by atoms with van der Waals surface area (Å²) in [5.74, 6) is 0.533. The molecule has 0 bridgehead atoms. The highest BCUT2D eigenvalue weighted by Gasteiger charge is 2.23. The number of anilines is 1. The molecule has 17 heavy (non-hydrogen) atoms. The summed E-state index contributed by atoms with van der Waals surface area (Å²) in [6.45, 7) is 5.54. The van der Waals surface area contributed by atoms with E-state index < -0.39 is 11.6 Å². The minimum absolute atomic E-state index is 0.122. The molecule has 0 amide bonds. The van der Waals surface area contributed by atoms with E-state index in [1.165, 1.54) is 6.07 Å². The van der Waals surface area contributed by atoms with Crippen molar-refractivity contribution in [3.63, 3.8) is 0 Å². The van der Waals surface area contributed by atoms with Crippen LogP contribution in [0.25, 0.3) is 0 Å². The summed E-state index contributed by atoms with van der Waals surface area (Å²) in [7, 11) is 0. The van der Waals surface area contributed by atoms with E-state index in [9.17, 15) is 4.79 Å². The lowest BCUT2D eigenvalue weighted by Gasteiger charge is -2.19. The van der Waals surface area contributed by atoms with E-state index in [-0.39, 0.29) is 6.79 Å². The molecular weight excluding hydrogens is 222 g/mol. The molecule has 5 nitrogen and oxygen atoms in total. The van der Waals surface area contributed by atoms with Gasteiger partial charge in [-0.25, -0.2) is 4.79 Å². The van der Waals surface area contributed by atoms with Gasteiger partial charge in [0.15, 0.2) is 11.5 Å². The fourth-order valence-electron chi connectivity index (χ4n) is 1.49. The van der Waals surface area contributed by atoms with Gasteiger partial charge in [-0.1, -0.05) is 0 Å². The summed E-state index contributed by atoms with van der Waals surface area (Å²) in [6.07, 6.45) is 0. The summed E-state index contributed by atoms with van der Waals surface area (Å²) in [5.41, 5.74) is 5.96. The van der Waals surface area contributed by atoms with Crippen molar-refractivity contribution in [3.05, 3.63) is 17.7 Å². The summed E-state index contributed by atoms with van der Waals surface area (Å²) in [4.78, 5) is 11.8. The third kappa shape index (κ3) is 2.43. The molecule has 0 radical (unpaired) electrons. The van der Waals surface area contributed by atoms with Gasteiger partial charge in [0.05, 0.1) is 11.3 Å². The van der Waals surface area contributed by atoms with Crippen molar-refractivity contribution in [2.45, 2.75) is 26.4 Å². The van der Waals surface area contributed by atoms with E-state index >= 15 is 0 Å². The number of rotatable bonds is 1. The number of ether oxygens (including phenoxy) is 3. The van der Waals surface area contributed by atoms with Gasteiger partial charge >= 0.3 is 5.97 Å². The van der Waals surface area contributed by atoms with Crippen molar-refractivity contribution < 1.29 is 19.0 Å². The van der Waals surface area contributed by atoms with E-state index in [0.29, 0.717) is 22.7 Å². The van der Waals surface area contributed by atoms with Crippen LogP contribution >= 0.6 is 0 Å². The van der Waals surface area contributed by atoms with Crippen LogP contribution in [0.4, 0.5) is 5.69 Å². The Bertz CT molecular complexity index is 462. The summed E-state index contributed by atoms with van der Waals surface area (Å²) >= 11 is 0. The van der Waals surface area contributed by atoms with Crippen LogP contribution in [0.2, 0.25) is 0 Å². The second kappa shape index (κ2) is 3.84. The zero-order valence-electron chi connectivity index (χ0n) is 10.1. The van der Waals surface area contributed by atoms with Crippen LogP contribution < -0.4 is 15.2 Å². The lowest BCUT2D eigenvalue weighted by atomic mass is 10.1. The maximum atomic E-state index is 11.8. The van der Waals surface area contributed by atoms with Gasteiger partial charge in [0.2, 0.25) is 6.79 Å². The topological polar surface area (TPSA) is 70.8 Å². The normalized spacial score (nSPS) is 13.6. The molecular formula is C12H15NO4. The zero-order chi connectivity index (χ0) is 12.6. The van der Waals surface area contributed by atoms with Crippen LogP contribution in [0.3, 0.4) is 0 Å². The average molecular weight is 237 g/mol. The molecule has 0 fully saturated rings. The number of carbonyl (C=O) groups is 1. The standard InChI is InChI=1S/C12H15NO4/c1-12(2,3)17-11(14)7-4-8(13)10-9(5-7)15-6-16-10/h4-5H,6,13H2,1-3H3. The molecule has 0 aromatic heterocycles. The summed E-state index contributed by atoms with van der Waals surface area (Å²) < 4.78 is 15.6. The molecule has 1 aliphatic heterocycles. The molecule has 0 unspecified atom stereocenters. The molecule has 1 aliphatic rings. The zero-order valence-corrected chi connectivity index (χ0v) is 10.1. The largest absolute Gasteiger partial charge is 0.456 e. The van der Waals surface area contributed by atoms with Gasteiger partial charge in [-0.15, -0.1) is 0 Å². The number of esters is 1. The fraction of sp³-hybridized carbons (Fsp3) is 0.417. The van der Waals surface area contributed by atoms with Gasteiger partial charge in [-0.3, -0.25) is 0 Å². The van der Waals surface area contributed by atoms with Crippen LogP contribution in [-0.2, 0) is 4.74 Å². The number of nitrogens with two attached hydrogens (primary N) is 1. The number of fused-ring (bicyclic) bond motifs is 1. The number of carbonyl (C=O) groups excluding carboxylic acids is 1. The Labute approximate surface area is 99.5 Å². The third-order valence-corrected chi connectivity index (χ3v) is 2.14. The van der Waals surface area contributed by atoms with Crippen molar-refractivity contribution in [2.24, 2.45) is 0 Å². The molecule has 0 aliphatic carbocycles. The molecule has 92 valence electrons. The highest BCUT2D eigenvalue weighted by Crippen LogP contribution is 2.38. The lowest BCUT2D eigenvalue weighted by Crippen LogP contribution is -2.23. The molecule has 0 atom stereocenters. The van der Waals surface area contributed by atoms with Crippen LogP contribution in [0.1, 0.15) is 31.1 Å². The number of hydrogen-bond donors (Lipinski definition) is 1. The molecule has 2 rings (SSSR count). The van der Waals surface area contributed by atoms with Crippen molar-refractivity contribution in [1.82, 2.24) is 0 Å². The molecule has 1 aromatic rings. The van der Waals surface area contributed by atoms with Gasteiger partial charge in [-0.2, -0.15) is 0 Å². The molecule has 0 saturated carbocycles. The Morgan fingerprint density at radius 3 is 2.71 bits per heavy atom. The number of nitrogen functional groups attached to an aromatic ring is 1. The first-order valence-electron chi connectivity index (χ1n) is 5.29. The van der Waals surface area contributed by atoms with Gasteiger partial charge in [0.25, 0.3) is 0 Å². The first kappa shape index (κ1) is 11.6. The van der Waals surface area contributed by atoms with E-state index in [1.54, 1.807) is 26.8 Å². The van der Waals surface area contributed by atoms with Gasteiger partial charge in [0, 0.05) is 0 Å². The highest BCUT2D eigenvalue weighted by atomic mass is 16.7. The molecule has 1 aromatic carbocycles. The van der Waals surface area contributed by atoms with E-state index in [2.05, 4.69) is 0 Å². The number of hydrogen-bond acceptors (Lipinski definition) is 5. The van der Waals surface area contributed by atoms with Crippen molar-refractivity contribution in [2.75, 3.05) is 12.5 Å². The van der Waals surface area contributed by atoms with E-state index in [1.807, 2.05) is 0 Å². The molecule has 1 heterocycles. The minimum atomic E-state index is -0.539. The smallest absolute Gasteiger partial charge is 0.338 e. The average Bonchev–Trinajstić information content (AvgIpc) is 2.63. The van der Waals surface area contributed by atoms with E-state index in [0.717, 1.165) is 0 Å². The molecule has 0 spiro atoms. The van der Waals surface area contributed by atoms with Crippen molar-refractivity contribution in [3.8, 4) is 11.5 Å². The van der Waals surface area contributed by atoms with Gasteiger partial charge in [-0.05, 0) is 32.9 Å². The molecule has 2 N–H and O–H groups in total. The van der Waals surface area contributed by atoms with Crippen LogP contribution in [0, 0.1) is 0 Å². The fourth-order valence-corrected chi connectivity index (χ4v) is 1.49. The Balaban J connectivity index is 2.28. The predicted molar refractivity (Wildman–Crippen MR) is 62.1 cm³/mol. The third-order valence-electron chi connectivity index (χ3n) is 2.14. The second-order valence-electron chi connectivity index (χ2n) is 4.80. The lowest BCUT2D eigenvalue weighted by molar-refractivity contribution is 0.00692. The van der Waals surface area contributed by atoms with Crippen molar-refractivity contribution >= 4 is 11.7 Å². The Kier molecular flexibility index (Phi) is 2.61. The van der Waals surface area contributed by atoms with Gasteiger partial charge in [0.1, 0.15) is 5.60 Å². The Morgan fingerprint density at radius 2 is 2.06 bits per heavy atom. The van der Waals surface area contributed by atoms with Crippen LogP contribution in [0.5, 0.6) is 11.5 Å². The first-order valence-corrected chi connectivity index (χ1v) is 5.29. The minimum Gasteiger partial charge on any atom is -0.456 e. The Hall–Kier alpha value is -1.91. The highest BCUT2D eigenvalue weighted by molar-refractivity contribution is 5.92. The van der Waals surface area contributed by atoms with Crippen LogP contribution in [0.15, 0.2) is 12.1 Å². The predicted octanol–water partition coefficient (Wildman–Crippen LogP) is 1.95. The number of benzene rings is 1. The second-order valence-corrected chi connectivity index (χ2v) is 4.80. The first-order chi connectivity index (χ1) is 7.87. The maximum absolute atomic E-state index is 11.8. The maximum Gasteiger partial charge on any atom is 0.338 e. The molecule has 5 heteroatoms. The summed E-state index contributed by atoms with van der Waals surface area (Å²) in [6, 6.07) is 3.11. The van der Waals surface area contributed by atoms with Crippen molar-refractivity contribution in [1.29, 1.82) is 0 Å². The summed E-state index contributed by atoms with van der Waals surface area (Å²) in [5, 5.41) is 0. The SMILES string of the molecule is CC(C)(C)OC(=O)c1cc(N)c2c(c1)OCO2. The van der Waals surface area contributed by atoms with Gasteiger partial charge < -0.3 is 19.9 Å². The monoisotopic (exact) mass is 237 g/mol. The van der Waals surface area contributed by atoms with E-state index in [4.69, 9.17) is 19.9 Å². The van der Waals surface area contributed by atoms with Crippen LogP contribution in [-0.4, -0.2) is 18.4 Å².